The average Bonchev–Trinajstić information content (AvgIpc) is 2.59. The molecule has 0 aliphatic carbocycles. The number of H-pyrrole nitrogens is 1. The van der Waals surface area contributed by atoms with Crippen molar-refractivity contribution >= 4 is 11.8 Å². The largest absolute Gasteiger partial charge is 0.480 e. The van der Waals surface area contributed by atoms with Crippen molar-refractivity contribution in [3.05, 3.63) is 35.7 Å². The van der Waals surface area contributed by atoms with Gasteiger partial charge in [-0.15, -0.1) is 0 Å². The number of aromatic nitrogens is 1. The van der Waals surface area contributed by atoms with Crippen LogP contribution in [0.1, 0.15) is 11.1 Å². The van der Waals surface area contributed by atoms with Gasteiger partial charge in [0.1, 0.15) is 0 Å². The van der Waals surface area contributed by atoms with Gasteiger partial charge < -0.3 is 9.72 Å². The molecule has 1 aliphatic heterocycles. The molecule has 0 saturated carbocycles. The topological polar surface area (TPSA) is 25.0 Å². The maximum atomic E-state index is 5.25. The molecular formula is C7H7NOS. The van der Waals surface area contributed by atoms with Gasteiger partial charge in [-0.05, 0) is 12.1 Å². The molecule has 1 aromatic heterocycles. The lowest BCUT2D eigenvalue weighted by molar-refractivity contribution is 0.231. The maximum Gasteiger partial charge on any atom is 0.187 e. The second kappa shape index (κ2) is 2.42. The molecule has 2 nitrogen and oxygen atoms in total. The molecule has 52 valence electrons. The van der Waals surface area contributed by atoms with Crippen LogP contribution in [0.15, 0.2) is 30.0 Å². The molecule has 3 heteroatoms. The summed E-state index contributed by atoms with van der Waals surface area (Å²) in [5, 5.41) is 1.95. The number of nitrogens with one attached hydrogen (secondary N) is 1. The zero-order valence-corrected chi connectivity index (χ0v) is 6.10. The molecular weight excluding hydrogens is 146 g/mol. The second-order valence-electron chi connectivity index (χ2n) is 2.00. The van der Waals surface area contributed by atoms with Crippen LogP contribution in [0, 0.1) is 0 Å². The molecule has 0 radical (unpaired) electrons. The zero-order chi connectivity index (χ0) is 6.81. The first kappa shape index (κ1) is 5.92. The number of ether oxygens (including phenoxy) is 1. The van der Waals surface area contributed by atoms with E-state index in [1.807, 2.05) is 23.7 Å². The number of rotatable bonds is 1. The summed E-state index contributed by atoms with van der Waals surface area (Å²) in [4.78, 5) is 3.09. The van der Waals surface area contributed by atoms with E-state index in [1.165, 1.54) is 0 Å². The SMILES string of the molecule is C1=CSC(c2ccc[nH]2)O1. The fourth-order valence-electron chi connectivity index (χ4n) is 0.876. The van der Waals surface area contributed by atoms with Gasteiger partial charge in [0.25, 0.3) is 0 Å². The minimum atomic E-state index is 0.148. The van der Waals surface area contributed by atoms with Gasteiger partial charge in [0, 0.05) is 11.6 Å². The van der Waals surface area contributed by atoms with E-state index < -0.39 is 0 Å². The van der Waals surface area contributed by atoms with Crippen molar-refractivity contribution in [2.75, 3.05) is 0 Å². The van der Waals surface area contributed by atoms with E-state index in [-0.39, 0.29) is 5.44 Å². The van der Waals surface area contributed by atoms with E-state index in [9.17, 15) is 0 Å². The first-order valence-corrected chi connectivity index (χ1v) is 4.00. The van der Waals surface area contributed by atoms with E-state index in [4.69, 9.17) is 4.74 Å². The summed E-state index contributed by atoms with van der Waals surface area (Å²) in [5.41, 5.74) is 1.27. The van der Waals surface area contributed by atoms with Crippen molar-refractivity contribution < 1.29 is 4.74 Å². The van der Waals surface area contributed by atoms with Crippen LogP contribution in [0.2, 0.25) is 0 Å². The molecule has 2 heterocycles. The number of hydrogen-bond acceptors (Lipinski definition) is 2. The molecule has 10 heavy (non-hydrogen) atoms. The minimum Gasteiger partial charge on any atom is -0.480 e. The van der Waals surface area contributed by atoms with Gasteiger partial charge in [0.15, 0.2) is 5.44 Å². The monoisotopic (exact) mass is 153 g/mol. The molecule has 0 bridgehead atoms. The summed E-state index contributed by atoms with van der Waals surface area (Å²) in [6.45, 7) is 0. The van der Waals surface area contributed by atoms with E-state index in [0.29, 0.717) is 0 Å². The Bertz CT molecular complexity index is 222. The van der Waals surface area contributed by atoms with Crippen LogP contribution in [0.25, 0.3) is 0 Å². The third kappa shape index (κ3) is 0.926. The lowest BCUT2D eigenvalue weighted by atomic mass is 10.5. The summed E-state index contributed by atoms with van der Waals surface area (Å²) >= 11 is 1.67. The van der Waals surface area contributed by atoms with Crippen LogP contribution in [0.5, 0.6) is 0 Å². The van der Waals surface area contributed by atoms with Crippen molar-refractivity contribution in [3.63, 3.8) is 0 Å². The minimum absolute atomic E-state index is 0.148. The van der Waals surface area contributed by atoms with Crippen molar-refractivity contribution in [2.45, 2.75) is 5.44 Å². The molecule has 2 rings (SSSR count). The fourth-order valence-corrected chi connectivity index (χ4v) is 1.57. The summed E-state index contributed by atoms with van der Waals surface area (Å²) in [6.07, 6.45) is 3.62. The Morgan fingerprint density at radius 3 is 3.20 bits per heavy atom. The summed E-state index contributed by atoms with van der Waals surface area (Å²) < 4.78 is 5.25. The molecule has 0 saturated heterocycles. The Labute approximate surface area is 63.3 Å². The lowest BCUT2D eigenvalue weighted by Gasteiger charge is -2.05. The first-order chi connectivity index (χ1) is 4.97. The van der Waals surface area contributed by atoms with Gasteiger partial charge in [-0.25, -0.2) is 0 Å². The average molecular weight is 153 g/mol. The molecule has 0 aromatic carbocycles. The maximum absolute atomic E-state index is 5.25. The van der Waals surface area contributed by atoms with E-state index in [2.05, 4.69) is 4.98 Å². The van der Waals surface area contributed by atoms with Crippen molar-refractivity contribution in [1.82, 2.24) is 4.98 Å². The van der Waals surface area contributed by atoms with Crippen LogP contribution in [0.3, 0.4) is 0 Å². The van der Waals surface area contributed by atoms with E-state index in [0.717, 1.165) is 5.69 Å². The van der Waals surface area contributed by atoms with Crippen LogP contribution >= 0.6 is 11.8 Å². The highest BCUT2D eigenvalue weighted by molar-refractivity contribution is 8.02. The van der Waals surface area contributed by atoms with Crippen LogP contribution in [0.4, 0.5) is 0 Å². The molecule has 0 fully saturated rings. The molecule has 1 aromatic rings. The third-order valence-corrected chi connectivity index (χ3v) is 2.22. The Balaban J connectivity index is 2.14. The predicted molar refractivity (Wildman–Crippen MR) is 41.3 cm³/mol. The van der Waals surface area contributed by atoms with Gasteiger partial charge in [-0.1, -0.05) is 11.8 Å². The fraction of sp³-hybridized carbons (Fsp3) is 0.143. The zero-order valence-electron chi connectivity index (χ0n) is 5.28. The molecule has 1 N–H and O–H groups in total. The molecule has 1 aliphatic rings. The molecule has 1 atom stereocenters. The van der Waals surface area contributed by atoms with Crippen LogP contribution in [-0.2, 0) is 4.74 Å². The molecule has 1 unspecified atom stereocenters. The Morgan fingerprint density at radius 1 is 1.60 bits per heavy atom. The standard InChI is InChI=1S/C7H7NOS/c1-2-6(8-3-1)7-9-4-5-10-7/h1-5,7-8H. The molecule has 0 spiro atoms. The number of aromatic amines is 1. The third-order valence-electron chi connectivity index (χ3n) is 1.34. The Morgan fingerprint density at radius 2 is 2.60 bits per heavy atom. The highest BCUT2D eigenvalue weighted by Crippen LogP contribution is 2.34. The number of thioether (sulfide) groups is 1. The predicted octanol–water partition coefficient (Wildman–Crippen LogP) is 2.25. The van der Waals surface area contributed by atoms with Crippen LogP contribution in [-0.4, -0.2) is 4.98 Å². The van der Waals surface area contributed by atoms with Gasteiger partial charge >= 0.3 is 0 Å². The summed E-state index contributed by atoms with van der Waals surface area (Å²) in [7, 11) is 0. The van der Waals surface area contributed by atoms with E-state index in [1.54, 1.807) is 18.0 Å². The lowest BCUT2D eigenvalue weighted by Crippen LogP contribution is -1.89. The van der Waals surface area contributed by atoms with Crippen molar-refractivity contribution in [1.29, 1.82) is 0 Å². The van der Waals surface area contributed by atoms with Gasteiger partial charge in [0.05, 0.1) is 12.0 Å². The Kier molecular flexibility index (Phi) is 1.43. The summed E-state index contributed by atoms with van der Waals surface area (Å²) in [5.74, 6) is 0. The van der Waals surface area contributed by atoms with Crippen LogP contribution < -0.4 is 0 Å². The highest BCUT2D eigenvalue weighted by Gasteiger charge is 2.14. The first-order valence-electron chi connectivity index (χ1n) is 3.06. The Hall–Kier alpha value is -0.830. The quantitative estimate of drug-likeness (QED) is 0.669. The second-order valence-corrected chi connectivity index (χ2v) is 2.97. The normalized spacial score (nSPS) is 23.0. The highest BCUT2D eigenvalue weighted by atomic mass is 32.2. The molecule has 0 amide bonds. The van der Waals surface area contributed by atoms with Gasteiger partial charge in [0.2, 0.25) is 0 Å². The number of hydrogen-bond donors (Lipinski definition) is 1. The van der Waals surface area contributed by atoms with Crippen molar-refractivity contribution in [2.24, 2.45) is 0 Å². The smallest absolute Gasteiger partial charge is 0.187 e. The van der Waals surface area contributed by atoms with Crippen molar-refractivity contribution in [3.8, 4) is 0 Å². The van der Waals surface area contributed by atoms with E-state index >= 15 is 0 Å². The summed E-state index contributed by atoms with van der Waals surface area (Å²) in [6, 6.07) is 3.99. The van der Waals surface area contributed by atoms with Gasteiger partial charge in [-0.2, -0.15) is 0 Å². The van der Waals surface area contributed by atoms with Gasteiger partial charge in [-0.3, -0.25) is 0 Å².